The molecule has 0 heterocycles. The molecule has 1 unspecified atom stereocenters. The van der Waals surface area contributed by atoms with Crippen LogP contribution in [0.25, 0.3) is 0 Å². The standard InChI is InChI=1S/C29H57NO2/c1-5-7-9-11-12-13-14-15-16-17-18-19-20-21-22-23-25-31-28-29(27-30(3)4)32-26-24-10-8-6-2/h12-13,15-16,29H,5-11,14,17-28H2,1-4H3/b13-12-,16-15-. The average Bonchev–Trinajstić information content (AvgIpc) is 2.77. The van der Waals surface area contributed by atoms with Gasteiger partial charge in [0.05, 0.1) is 12.7 Å². The number of hydrogen-bond acceptors (Lipinski definition) is 3. The lowest BCUT2D eigenvalue weighted by atomic mass is 10.1. The number of hydrogen-bond donors (Lipinski definition) is 0. The first-order valence-electron chi connectivity index (χ1n) is 13.8. The fourth-order valence-electron chi connectivity index (χ4n) is 3.75. The van der Waals surface area contributed by atoms with Crippen LogP contribution in [0.15, 0.2) is 24.3 Å². The molecule has 0 rings (SSSR count). The van der Waals surface area contributed by atoms with Gasteiger partial charge in [-0.25, -0.2) is 0 Å². The summed E-state index contributed by atoms with van der Waals surface area (Å²) >= 11 is 0. The molecule has 0 aliphatic carbocycles. The van der Waals surface area contributed by atoms with Gasteiger partial charge >= 0.3 is 0 Å². The third-order valence-corrected chi connectivity index (χ3v) is 5.71. The maximum absolute atomic E-state index is 6.06. The summed E-state index contributed by atoms with van der Waals surface area (Å²) < 4.78 is 12.0. The first kappa shape index (κ1) is 31.4. The lowest BCUT2D eigenvalue weighted by Gasteiger charge is -2.21. The van der Waals surface area contributed by atoms with Crippen molar-refractivity contribution in [1.82, 2.24) is 4.90 Å². The molecule has 0 amide bonds. The van der Waals surface area contributed by atoms with Gasteiger partial charge in [-0.1, -0.05) is 95.9 Å². The summed E-state index contributed by atoms with van der Waals surface area (Å²) in [6.07, 6.45) is 30.0. The van der Waals surface area contributed by atoms with E-state index in [0.717, 1.165) is 32.8 Å². The molecule has 0 saturated heterocycles. The van der Waals surface area contributed by atoms with E-state index in [-0.39, 0.29) is 6.10 Å². The molecule has 0 aromatic carbocycles. The monoisotopic (exact) mass is 451 g/mol. The number of likely N-dealkylation sites (N-methyl/N-ethyl adjacent to an activating group) is 1. The van der Waals surface area contributed by atoms with E-state index >= 15 is 0 Å². The fourth-order valence-corrected chi connectivity index (χ4v) is 3.75. The lowest BCUT2D eigenvalue weighted by molar-refractivity contribution is -0.0287. The summed E-state index contributed by atoms with van der Waals surface area (Å²) in [7, 11) is 4.21. The Bertz CT molecular complexity index is 406. The molecule has 0 aromatic rings. The predicted octanol–water partition coefficient (Wildman–Crippen LogP) is 8.34. The second-order valence-corrected chi connectivity index (χ2v) is 9.47. The Labute approximate surface area is 202 Å². The van der Waals surface area contributed by atoms with Crippen LogP contribution in [0.2, 0.25) is 0 Å². The van der Waals surface area contributed by atoms with Crippen LogP contribution in [0.3, 0.4) is 0 Å². The maximum Gasteiger partial charge on any atom is 0.0934 e. The summed E-state index contributed by atoms with van der Waals surface area (Å²) in [4.78, 5) is 2.20. The first-order chi connectivity index (χ1) is 15.7. The molecule has 0 aromatic heterocycles. The second-order valence-electron chi connectivity index (χ2n) is 9.47. The van der Waals surface area contributed by atoms with Gasteiger partial charge in [0.1, 0.15) is 0 Å². The summed E-state index contributed by atoms with van der Waals surface area (Å²) in [5.74, 6) is 0. The molecule has 0 N–H and O–H groups in total. The van der Waals surface area contributed by atoms with Crippen LogP contribution in [0, 0.1) is 0 Å². The van der Waals surface area contributed by atoms with Crippen molar-refractivity contribution in [1.29, 1.82) is 0 Å². The molecular weight excluding hydrogens is 394 g/mol. The van der Waals surface area contributed by atoms with Crippen LogP contribution < -0.4 is 0 Å². The SMILES string of the molecule is CCCCC/C=C\C/C=C\CCCCCCCCOCC(CN(C)C)OCCCCCC. The van der Waals surface area contributed by atoms with Gasteiger partial charge in [-0.15, -0.1) is 0 Å². The van der Waals surface area contributed by atoms with Gasteiger partial charge in [0.2, 0.25) is 0 Å². The summed E-state index contributed by atoms with van der Waals surface area (Å²) in [5.41, 5.74) is 0. The fraction of sp³-hybridized carbons (Fsp3) is 0.862. The number of rotatable bonds is 25. The van der Waals surface area contributed by atoms with E-state index in [1.807, 2.05) is 0 Å². The van der Waals surface area contributed by atoms with E-state index in [0.29, 0.717) is 0 Å². The Hall–Kier alpha value is -0.640. The minimum Gasteiger partial charge on any atom is -0.379 e. The maximum atomic E-state index is 6.06. The van der Waals surface area contributed by atoms with Gasteiger partial charge in [-0.3, -0.25) is 0 Å². The van der Waals surface area contributed by atoms with E-state index in [4.69, 9.17) is 9.47 Å². The smallest absolute Gasteiger partial charge is 0.0934 e. The van der Waals surface area contributed by atoms with Crippen molar-refractivity contribution in [3.05, 3.63) is 24.3 Å². The zero-order valence-corrected chi connectivity index (χ0v) is 22.3. The van der Waals surface area contributed by atoms with Gasteiger partial charge in [-0.2, -0.15) is 0 Å². The van der Waals surface area contributed by atoms with E-state index in [2.05, 4.69) is 57.1 Å². The molecule has 0 saturated carbocycles. The Morgan fingerprint density at radius 2 is 1.16 bits per heavy atom. The van der Waals surface area contributed by atoms with Crippen LogP contribution >= 0.6 is 0 Å². The summed E-state index contributed by atoms with van der Waals surface area (Å²) in [6.45, 7) is 7.92. The van der Waals surface area contributed by atoms with Gasteiger partial charge < -0.3 is 14.4 Å². The third kappa shape index (κ3) is 25.6. The van der Waals surface area contributed by atoms with E-state index < -0.39 is 0 Å². The average molecular weight is 452 g/mol. The predicted molar refractivity (Wildman–Crippen MR) is 143 cm³/mol. The molecule has 0 fully saturated rings. The molecule has 0 bridgehead atoms. The first-order valence-corrected chi connectivity index (χ1v) is 13.8. The number of unbranched alkanes of at least 4 members (excludes halogenated alkanes) is 12. The summed E-state index contributed by atoms with van der Waals surface area (Å²) in [6, 6.07) is 0. The number of allylic oxidation sites excluding steroid dienone is 4. The highest BCUT2D eigenvalue weighted by Crippen LogP contribution is 2.09. The molecule has 1 atom stereocenters. The van der Waals surface area contributed by atoms with Crippen molar-refractivity contribution in [3.8, 4) is 0 Å². The van der Waals surface area contributed by atoms with Crippen LogP contribution in [0.5, 0.6) is 0 Å². The van der Waals surface area contributed by atoms with Gasteiger partial charge in [0, 0.05) is 19.8 Å². The van der Waals surface area contributed by atoms with E-state index in [1.54, 1.807) is 0 Å². The highest BCUT2D eigenvalue weighted by molar-refractivity contribution is 4.92. The highest BCUT2D eigenvalue weighted by atomic mass is 16.5. The molecular formula is C29H57NO2. The normalized spacial score (nSPS) is 13.2. The molecule has 0 spiro atoms. The molecule has 32 heavy (non-hydrogen) atoms. The number of ether oxygens (including phenoxy) is 2. The van der Waals surface area contributed by atoms with Crippen molar-refractivity contribution >= 4 is 0 Å². The molecule has 3 nitrogen and oxygen atoms in total. The second kappa shape index (κ2) is 26.6. The zero-order valence-electron chi connectivity index (χ0n) is 22.3. The molecule has 0 aliphatic heterocycles. The molecule has 3 heteroatoms. The zero-order chi connectivity index (χ0) is 23.5. The van der Waals surface area contributed by atoms with Crippen LogP contribution in [0.1, 0.15) is 117 Å². The van der Waals surface area contributed by atoms with Crippen molar-refractivity contribution in [2.75, 3.05) is 40.5 Å². The van der Waals surface area contributed by atoms with Gasteiger partial charge in [0.25, 0.3) is 0 Å². The topological polar surface area (TPSA) is 21.7 Å². The summed E-state index contributed by atoms with van der Waals surface area (Å²) in [5, 5.41) is 0. The van der Waals surface area contributed by atoms with Crippen molar-refractivity contribution in [3.63, 3.8) is 0 Å². The Morgan fingerprint density at radius 1 is 0.625 bits per heavy atom. The third-order valence-electron chi connectivity index (χ3n) is 5.71. The Balaban J connectivity index is 3.48. The van der Waals surface area contributed by atoms with Gasteiger partial charge in [-0.05, 0) is 59.0 Å². The molecule has 0 radical (unpaired) electrons. The quantitative estimate of drug-likeness (QED) is 0.103. The van der Waals surface area contributed by atoms with E-state index in [1.165, 1.54) is 96.3 Å². The molecule has 0 aliphatic rings. The van der Waals surface area contributed by atoms with Crippen LogP contribution in [-0.4, -0.2) is 51.5 Å². The van der Waals surface area contributed by atoms with Crippen molar-refractivity contribution < 1.29 is 9.47 Å². The molecule has 190 valence electrons. The van der Waals surface area contributed by atoms with Crippen LogP contribution in [-0.2, 0) is 9.47 Å². The van der Waals surface area contributed by atoms with E-state index in [9.17, 15) is 0 Å². The highest BCUT2D eigenvalue weighted by Gasteiger charge is 2.10. The minimum absolute atomic E-state index is 0.205. The van der Waals surface area contributed by atoms with Crippen molar-refractivity contribution in [2.45, 2.75) is 123 Å². The largest absolute Gasteiger partial charge is 0.379 e. The lowest BCUT2D eigenvalue weighted by Crippen LogP contribution is -2.32. The van der Waals surface area contributed by atoms with Gasteiger partial charge in [0.15, 0.2) is 0 Å². The minimum atomic E-state index is 0.205. The Morgan fingerprint density at radius 3 is 1.81 bits per heavy atom. The number of nitrogens with zero attached hydrogens (tertiary/aromatic N) is 1. The Kier molecular flexibility index (Phi) is 26.1. The van der Waals surface area contributed by atoms with Crippen molar-refractivity contribution in [2.24, 2.45) is 0 Å². The van der Waals surface area contributed by atoms with Crippen LogP contribution in [0.4, 0.5) is 0 Å².